The molecule has 0 spiro atoms. The molecule has 0 saturated carbocycles. The predicted molar refractivity (Wildman–Crippen MR) is 70.9 cm³/mol. The second-order valence-corrected chi connectivity index (χ2v) is 5.42. The predicted octanol–water partition coefficient (Wildman–Crippen LogP) is 1.73. The molecule has 3 nitrogen and oxygen atoms in total. The summed E-state index contributed by atoms with van der Waals surface area (Å²) in [6.45, 7) is 2.10. The lowest BCUT2D eigenvalue weighted by Gasteiger charge is -2.31. The number of piperidine rings is 1. The summed E-state index contributed by atoms with van der Waals surface area (Å²) in [5.41, 5.74) is 0. The van der Waals surface area contributed by atoms with Crippen molar-refractivity contribution in [3.8, 4) is 0 Å². The van der Waals surface area contributed by atoms with Crippen molar-refractivity contribution in [3.63, 3.8) is 0 Å². The van der Waals surface area contributed by atoms with E-state index in [0.29, 0.717) is 11.9 Å². The van der Waals surface area contributed by atoms with Crippen LogP contribution in [0.1, 0.15) is 32.1 Å². The van der Waals surface area contributed by atoms with Gasteiger partial charge in [0.25, 0.3) is 0 Å². The van der Waals surface area contributed by atoms with Gasteiger partial charge in [-0.2, -0.15) is 11.8 Å². The Hall–Kier alpha value is -0.220. The van der Waals surface area contributed by atoms with Crippen molar-refractivity contribution in [3.05, 3.63) is 0 Å². The van der Waals surface area contributed by atoms with E-state index < -0.39 is 0 Å². The first-order chi connectivity index (χ1) is 7.75. The standard InChI is InChI=1S/C12H24N2OS/c1-14(11-6-8-13-9-7-11)12(15)5-3-4-10-16-2/h11,13H,3-10H2,1-2H3. The van der Waals surface area contributed by atoms with E-state index in [1.165, 1.54) is 5.75 Å². The molecule has 4 heteroatoms. The number of amides is 1. The molecule has 0 atom stereocenters. The van der Waals surface area contributed by atoms with E-state index in [9.17, 15) is 4.79 Å². The monoisotopic (exact) mass is 244 g/mol. The zero-order valence-electron chi connectivity index (χ0n) is 10.5. The van der Waals surface area contributed by atoms with Gasteiger partial charge in [-0.25, -0.2) is 0 Å². The molecule has 1 aliphatic heterocycles. The smallest absolute Gasteiger partial charge is 0.222 e. The average Bonchev–Trinajstić information content (AvgIpc) is 2.34. The molecule has 0 bridgehead atoms. The summed E-state index contributed by atoms with van der Waals surface area (Å²) in [5.74, 6) is 1.50. The summed E-state index contributed by atoms with van der Waals surface area (Å²) < 4.78 is 0. The van der Waals surface area contributed by atoms with Gasteiger partial charge >= 0.3 is 0 Å². The van der Waals surface area contributed by atoms with Gasteiger partial charge in [0.15, 0.2) is 0 Å². The zero-order chi connectivity index (χ0) is 11.8. The fourth-order valence-corrected chi connectivity index (χ4v) is 2.59. The summed E-state index contributed by atoms with van der Waals surface area (Å²) in [4.78, 5) is 13.9. The molecule has 1 amide bonds. The van der Waals surface area contributed by atoms with Crippen LogP contribution in [0.2, 0.25) is 0 Å². The Labute approximate surface area is 103 Å². The molecule has 0 aromatic rings. The van der Waals surface area contributed by atoms with Crippen LogP contribution in [0.15, 0.2) is 0 Å². The highest BCUT2D eigenvalue weighted by atomic mass is 32.2. The van der Waals surface area contributed by atoms with Crippen LogP contribution in [0, 0.1) is 0 Å². The van der Waals surface area contributed by atoms with Crippen LogP contribution in [0.4, 0.5) is 0 Å². The molecular formula is C12H24N2OS. The van der Waals surface area contributed by atoms with E-state index in [1.807, 2.05) is 23.7 Å². The van der Waals surface area contributed by atoms with Crippen LogP contribution >= 0.6 is 11.8 Å². The normalized spacial score (nSPS) is 17.4. The van der Waals surface area contributed by atoms with E-state index in [0.717, 1.165) is 45.2 Å². The molecule has 1 heterocycles. The Balaban J connectivity index is 2.18. The molecular weight excluding hydrogens is 220 g/mol. The summed E-state index contributed by atoms with van der Waals surface area (Å²) in [7, 11) is 1.97. The molecule has 0 aliphatic carbocycles. The van der Waals surface area contributed by atoms with Crippen molar-refractivity contribution in [2.75, 3.05) is 32.1 Å². The van der Waals surface area contributed by atoms with Crippen LogP contribution in [0.5, 0.6) is 0 Å². The number of nitrogens with one attached hydrogen (secondary N) is 1. The minimum atomic E-state index is 0.327. The number of carbonyl (C=O) groups is 1. The van der Waals surface area contributed by atoms with E-state index >= 15 is 0 Å². The van der Waals surface area contributed by atoms with Crippen molar-refractivity contribution in [2.24, 2.45) is 0 Å². The maximum Gasteiger partial charge on any atom is 0.222 e. The average molecular weight is 244 g/mol. The van der Waals surface area contributed by atoms with Crippen LogP contribution in [0.3, 0.4) is 0 Å². The van der Waals surface area contributed by atoms with Gasteiger partial charge in [-0.05, 0) is 50.8 Å². The first kappa shape index (κ1) is 13.8. The third-order valence-electron chi connectivity index (χ3n) is 3.24. The molecule has 16 heavy (non-hydrogen) atoms. The summed E-state index contributed by atoms with van der Waals surface area (Å²) in [6.07, 6.45) is 7.24. The van der Waals surface area contributed by atoms with Crippen molar-refractivity contribution < 1.29 is 4.79 Å². The summed E-state index contributed by atoms with van der Waals surface area (Å²) in [5, 5.41) is 3.33. The number of hydrogen-bond donors (Lipinski definition) is 1. The van der Waals surface area contributed by atoms with Crippen molar-refractivity contribution in [2.45, 2.75) is 38.1 Å². The van der Waals surface area contributed by atoms with Gasteiger partial charge in [0.2, 0.25) is 5.91 Å². The summed E-state index contributed by atoms with van der Waals surface area (Å²) in [6, 6.07) is 0.467. The first-order valence-electron chi connectivity index (χ1n) is 6.21. The topological polar surface area (TPSA) is 32.3 Å². The van der Waals surface area contributed by atoms with Gasteiger partial charge < -0.3 is 10.2 Å². The lowest BCUT2D eigenvalue weighted by atomic mass is 10.0. The van der Waals surface area contributed by atoms with Gasteiger partial charge in [0.1, 0.15) is 0 Å². The molecule has 0 aromatic heterocycles. The quantitative estimate of drug-likeness (QED) is 0.722. The van der Waals surface area contributed by atoms with Crippen molar-refractivity contribution >= 4 is 17.7 Å². The van der Waals surface area contributed by atoms with Gasteiger partial charge in [-0.3, -0.25) is 4.79 Å². The number of carbonyl (C=O) groups excluding carboxylic acids is 1. The molecule has 1 rings (SSSR count). The minimum Gasteiger partial charge on any atom is -0.343 e. The van der Waals surface area contributed by atoms with Crippen molar-refractivity contribution in [1.82, 2.24) is 10.2 Å². The highest BCUT2D eigenvalue weighted by Gasteiger charge is 2.21. The number of nitrogens with zero attached hydrogens (tertiary/aromatic N) is 1. The van der Waals surface area contributed by atoms with E-state index in [1.54, 1.807) is 0 Å². The molecule has 1 aliphatic rings. The molecule has 94 valence electrons. The van der Waals surface area contributed by atoms with Crippen molar-refractivity contribution in [1.29, 1.82) is 0 Å². The number of unbranched alkanes of at least 4 members (excludes halogenated alkanes) is 1. The Morgan fingerprint density at radius 1 is 1.38 bits per heavy atom. The van der Waals surface area contributed by atoms with Gasteiger partial charge in [0, 0.05) is 19.5 Å². The van der Waals surface area contributed by atoms with Crippen LogP contribution in [-0.4, -0.2) is 49.0 Å². The fraction of sp³-hybridized carbons (Fsp3) is 0.917. The van der Waals surface area contributed by atoms with E-state index in [2.05, 4.69) is 11.6 Å². The third-order valence-corrected chi connectivity index (χ3v) is 3.94. The van der Waals surface area contributed by atoms with Gasteiger partial charge in [0.05, 0.1) is 0 Å². The second kappa shape index (κ2) is 7.96. The lowest BCUT2D eigenvalue weighted by molar-refractivity contribution is -0.132. The molecule has 0 radical (unpaired) electrons. The van der Waals surface area contributed by atoms with Crippen LogP contribution in [0.25, 0.3) is 0 Å². The molecule has 1 fully saturated rings. The number of rotatable bonds is 6. The fourth-order valence-electron chi connectivity index (χ4n) is 2.10. The third kappa shape index (κ3) is 4.74. The zero-order valence-corrected chi connectivity index (χ0v) is 11.3. The molecule has 0 aromatic carbocycles. The maximum atomic E-state index is 11.9. The largest absolute Gasteiger partial charge is 0.343 e. The maximum absolute atomic E-state index is 11.9. The van der Waals surface area contributed by atoms with Gasteiger partial charge in [-0.15, -0.1) is 0 Å². The van der Waals surface area contributed by atoms with E-state index in [4.69, 9.17) is 0 Å². The van der Waals surface area contributed by atoms with E-state index in [-0.39, 0.29) is 0 Å². The Bertz CT molecular complexity index is 205. The highest BCUT2D eigenvalue weighted by Crippen LogP contribution is 2.12. The Morgan fingerprint density at radius 3 is 2.69 bits per heavy atom. The first-order valence-corrected chi connectivity index (χ1v) is 7.60. The Morgan fingerprint density at radius 2 is 2.06 bits per heavy atom. The summed E-state index contributed by atoms with van der Waals surface area (Å²) >= 11 is 1.86. The molecule has 0 unspecified atom stereocenters. The number of hydrogen-bond acceptors (Lipinski definition) is 3. The van der Waals surface area contributed by atoms with Crippen LogP contribution in [-0.2, 0) is 4.79 Å². The Kier molecular flexibility index (Phi) is 6.88. The molecule has 1 N–H and O–H groups in total. The highest BCUT2D eigenvalue weighted by molar-refractivity contribution is 7.98. The van der Waals surface area contributed by atoms with Gasteiger partial charge in [-0.1, -0.05) is 0 Å². The minimum absolute atomic E-state index is 0.327. The van der Waals surface area contributed by atoms with Crippen LogP contribution < -0.4 is 5.32 Å². The SMILES string of the molecule is CSCCCCC(=O)N(C)C1CCNCC1. The lowest BCUT2D eigenvalue weighted by Crippen LogP contribution is -2.43. The molecule has 1 saturated heterocycles. The second-order valence-electron chi connectivity index (χ2n) is 4.44. The number of thioether (sulfide) groups is 1.